The molecule has 0 amide bonds. The van der Waals surface area contributed by atoms with E-state index in [2.05, 4.69) is 18.3 Å². The smallest absolute Gasteiger partial charge is 0.0727 e. The van der Waals surface area contributed by atoms with E-state index in [1.807, 2.05) is 18.2 Å². The first-order chi connectivity index (χ1) is 8.28. The van der Waals surface area contributed by atoms with E-state index in [1.165, 1.54) is 18.5 Å². The van der Waals surface area contributed by atoms with Crippen molar-refractivity contribution in [2.24, 2.45) is 0 Å². The number of fused-ring (bicyclic) bond motifs is 1. The molecule has 1 N–H and O–H groups in total. The number of benzene rings is 1. The van der Waals surface area contributed by atoms with Gasteiger partial charge in [-0.25, -0.2) is 0 Å². The third-order valence-electron chi connectivity index (χ3n) is 3.15. The van der Waals surface area contributed by atoms with E-state index in [1.54, 1.807) is 0 Å². The van der Waals surface area contributed by atoms with Gasteiger partial charge in [0.05, 0.1) is 5.52 Å². The first kappa shape index (κ1) is 10.8. The van der Waals surface area contributed by atoms with Gasteiger partial charge in [-0.1, -0.05) is 11.6 Å². The summed E-state index contributed by atoms with van der Waals surface area (Å²) < 4.78 is 0. The van der Waals surface area contributed by atoms with Crippen LogP contribution in [0.4, 0.5) is 5.69 Å². The Balaban J connectivity index is 2.19. The molecular formula is C14H15ClN2. The molecule has 3 rings (SSSR count). The van der Waals surface area contributed by atoms with Gasteiger partial charge in [-0.2, -0.15) is 0 Å². The fourth-order valence-electron chi connectivity index (χ4n) is 2.14. The molecule has 0 saturated heterocycles. The maximum atomic E-state index is 6.05. The Bertz CT molecular complexity index is 561. The quantitative estimate of drug-likeness (QED) is 0.878. The minimum Gasteiger partial charge on any atom is -0.385 e. The Morgan fingerprint density at radius 3 is 2.88 bits per heavy atom. The summed E-state index contributed by atoms with van der Waals surface area (Å²) in [6.45, 7) is 3.02. The van der Waals surface area contributed by atoms with E-state index in [-0.39, 0.29) is 0 Å². The highest BCUT2D eigenvalue weighted by Crippen LogP contribution is 2.41. The van der Waals surface area contributed by atoms with Gasteiger partial charge in [0.2, 0.25) is 0 Å². The van der Waals surface area contributed by atoms with Crippen LogP contribution in [0.5, 0.6) is 0 Å². The monoisotopic (exact) mass is 246 g/mol. The van der Waals surface area contributed by atoms with Crippen LogP contribution in [0.3, 0.4) is 0 Å². The number of aromatic nitrogens is 1. The summed E-state index contributed by atoms with van der Waals surface area (Å²) in [5.41, 5.74) is 3.41. The first-order valence-corrected chi connectivity index (χ1v) is 6.50. The SMILES string of the molecule is CCNc1cc(C2CC2)nc2ccc(Cl)cc12. The van der Waals surface area contributed by atoms with Crippen LogP contribution < -0.4 is 5.32 Å². The molecule has 0 radical (unpaired) electrons. The lowest BCUT2D eigenvalue weighted by atomic mass is 10.1. The largest absolute Gasteiger partial charge is 0.385 e. The lowest BCUT2D eigenvalue weighted by Gasteiger charge is -2.10. The number of pyridine rings is 1. The summed E-state index contributed by atoms with van der Waals surface area (Å²) in [7, 11) is 0. The van der Waals surface area contributed by atoms with E-state index in [4.69, 9.17) is 16.6 Å². The zero-order valence-corrected chi connectivity index (χ0v) is 10.6. The standard InChI is InChI=1S/C14H15ClN2/c1-2-16-14-8-13(9-3-4-9)17-12-6-5-10(15)7-11(12)14/h5-9H,2-4H2,1H3,(H,16,17). The number of hydrogen-bond acceptors (Lipinski definition) is 2. The molecule has 0 unspecified atom stereocenters. The molecule has 2 nitrogen and oxygen atoms in total. The van der Waals surface area contributed by atoms with Crippen LogP contribution in [0, 0.1) is 0 Å². The van der Waals surface area contributed by atoms with Crippen LogP contribution in [-0.4, -0.2) is 11.5 Å². The van der Waals surface area contributed by atoms with Gasteiger partial charge in [0.25, 0.3) is 0 Å². The van der Waals surface area contributed by atoms with E-state index in [0.29, 0.717) is 5.92 Å². The predicted molar refractivity (Wildman–Crippen MR) is 72.9 cm³/mol. The Kier molecular flexibility index (Phi) is 2.67. The Labute approximate surface area is 106 Å². The van der Waals surface area contributed by atoms with Gasteiger partial charge in [0, 0.05) is 34.3 Å². The number of halogens is 1. The van der Waals surface area contributed by atoms with Crippen LogP contribution in [0.1, 0.15) is 31.4 Å². The van der Waals surface area contributed by atoms with Crippen molar-refractivity contribution in [1.29, 1.82) is 0 Å². The average molecular weight is 247 g/mol. The Hall–Kier alpha value is -1.28. The van der Waals surface area contributed by atoms with Crippen LogP contribution in [-0.2, 0) is 0 Å². The topological polar surface area (TPSA) is 24.9 Å². The fourth-order valence-corrected chi connectivity index (χ4v) is 2.32. The lowest BCUT2D eigenvalue weighted by Crippen LogP contribution is -2.00. The summed E-state index contributed by atoms with van der Waals surface area (Å²) in [4.78, 5) is 4.72. The zero-order chi connectivity index (χ0) is 11.8. The minimum absolute atomic E-state index is 0.674. The molecule has 2 aromatic rings. The molecule has 0 spiro atoms. The number of nitrogens with one attached hydrogen (secondary N) is 1. The second-order valence-electron chi connectivity index (χ2n) is 4.56. The average Bonchev–Trinajstić information content (AvgIpc) is 3.14. The van der Waals surface area contributed by atoms with Crippen LogP contribution >= 0.6 is 11.6 Å². The summed E-state index contributed by atoms with van der Waals surface area (Å²) in [6, 6.07) is 8.08. The number of anilines is 1. The highest BCUT2D eigenvalue weighted by molar-refractivity contribution is 6.31. The molecule has 1 aromatic carbocycles. The van der Waals surface area contributed by atoms with Crippen molar-refractivity contribution < 1.29 is 0 Å². The molecule has 1 aliphatic carbocycles. The number of nitrogens with zero attached hydrogens (tertiary/aromatic N) is 1. The second kappa shape index (κ2) is 4.19. The van der Waals surface area contributed by atoms with Crippen molar-refractivity contribution in [3.05, 3.63) is 35.0 Å². The molecule has 0 bridgehead atoms. The van der Waals surface area contributed by atoms with Crippen molar-refractivity contribution >= 4 is 28.2 Å². The van der Waals surface area contributed by atoms with Gasteiger partial charge >= 0.3 is 0 Å². The van der Waals surface area contributed by atoms with Crippen LogP contribution in [0.2, 0.25) is 5.02 Å². The number of hydrogen-bond donors (Lipinski definition) is 1. The maximum absolute atomic E-state index is 6.05. The fraction of sp³-hybridized carbons (Fsp3) is 0.357. The highest BCUT2D eigenvalue weighted by atomic mass is 35.5. The zero-order valence-electron chi connectivity index (χ0n) is 9.83. The molecular weight excluding hydrogens is 232 g/mol. The van der Waals surface area contributed by atoms with E-state index < -0.39 is 0 Å². The molecule has 1 aliphatic rings. The Morgan fingerprint density at radius 1 is 1.35 bits per heavy atom. The van der Waals surface area contributed by atoms with Crippen molar-refractivity contribution in [2.45, 2.75) is 25.7 Å². The van der Waals surface area contributed by atoms with Crippen LogP contribution in [0.15, 0.2) is 24.3 Å². The molecule has 1 saturated carbocycles. The van der Waals surface area contributed by atoms with Crippen molar-refractivity contribution in [2.75, 3.05) is 11.9 Å². The number of rotatable bonds is 3. The summed E-state index contributed by atoms with van der Waals surface area (Å²) in [6.07, 6.45) is 2.55. The van der Waals surface area contributed by atoms with Gasteiger partial charge in [-0.15, -0.1) is 0 Å². The maximum Gasteiger partial charge on any atom is 0.0727 e. The molecule has 1 aromatic heterocycles. The molecule has 1 fully saturated rings. The molecule has 17 heavy (non-hydrogen) atoms. The lowest BCUT2D eigenvalue weighted by molar-refractivity contribution is 1.04. The molecule has 0 atom stereocenters. The van der Waals surface area contributed by atoms with Crippen molar-refractivity contribution in [3.63, 3.8) is 0 Å². The van der Waals surface area contributed by atoms with E-state index in [0.717, 1.165) is 28.2 Å². The van der Waals surface area contributed by atoms with Gasteiger partial charge in [-0.05, 0) is 44.0 Å². The van der Waals surface area contributed by atoms with E-state index in [9.17, 15) is 0 Å². The van der Waals surface area contributed by atoms with Gasteiger partial charge in [-0.3, -0.25) is 4.98 Å². The van der Waals surface area contributed by atoms with Gasteiger partial charge < -0.3 is 5.32 Å². The summed E-state index contributed by atoms with van der Waals surface area (Å²) in [5, 5.41) is 5.28. The Morgan fingerprint density at radius 2 is 2.18 bits per heavy atom. The first-order valence-electron chi connectivity index (χ1n) is 6.12. The molecule has 88 valence electrons. The second-order valence-corrected chi connectivity index (χ2v) is 5.00. The van der Waals surface area contributed by atoms with Crippen molar-refractivity contribution in [1.82, 2.24) is 4.98 Å². The highest BCUT2D eigenvalue weighted by Gasteiger charge is 2.25. The summed E-state index contributed by atoms with van der Waals surface area (Å²) in [5.74, 6) is 0.674. The predicted octanol–water partition coefficient (Wildman–Crippen LogP) is 4.20. The summed E-state index contributed by atoms with van der Waals surface area (Å²) >= 11 is 6.05. The minimum atomic E-state index is 0.674. The molecule has 1 heterocycles. The molecule has 0 aliphatic heterocycles. The van der Waals surface area contributed by atoms with E-state index >= 15 is 0 Å². The van der Waals surface area contributed by atoms with Crippen molar-refractivity contribution in [3.8, 4) is 0 Å². The third-order valence-corrected chi connectivity index (χ3v) is 3.39. The molecule has 3 heteroatoms. The third kappa shape index (κ3) is 2.09. The van der Waals surface area contributed by atoms with Gasteiger partial charge in [0.1, 0.15) is 0 Å². The van der Waals surface area contributed by atoms with Gasteiger partial charge in [0.15, 0.2) is 0 Å². The van der Waals surface area contributed by atoms with Crippen LogP contribution in [0.25, 0.3) is 10.9 Å². The normalized spacial score (nSPS) is 15.2.